The Bertz CT molecular complexity index is 1740. The zero-order chi connectivity index (χ0) is 21.7. The highest BCUT2D eigenvalue weighted by molar-refractivity contribution is 9.10. The number of hydrogen-bond donors (Lipinski definition) is 1. The van der Waals surface area contributed by atoms with E-state index in [0.717, 1.165) is 4.47 Å². The van der Waals surface area contributed by atoms with Gasteiger partial charge >= 0.3 is 0 Å². The fraction of sp³-hybridized carbons (Fsp3) is 0.0323. The van der Waals surface area contributed by atoms with Crippen LogP contribution < -0.4 is 0 Å². The summed E-state index contributed by atoms with van der Waals surface area (Å²) in [6.45, 7) is 0. The molecule has 2 aliphatic carbocycles. The molecule has 33 heavy (non-hydrogen) atoms. The lowest BCUT2D eigenvalue weighted by Gasteiger charge is -2.30. The molecule has 154 valence electrons. The molecule has 0 unspecified atom stereocenters. The number of fused-ring (bicyclic) bond motifs is 14. The Hall–Kier alpha value is -3.62. The van der Waals surface area contributed by atoms with E-state index in [1.165, 1.54) is 66.3 Å². The van der Waals surface area contributed by atoms with Gasteiger partial charge in [0.05, 0.1) is 5.41 Å². The Morgan fingerprint density at radius 1 is 0.545 bits per heavy atom. The highest BCUT2D eigenvalue weighted by Gasteiger charge is 2.51. The summed E-state index contributed by atoms with van der Waals surface area (Å²) in [6.07, 6.45) is 0. The first-order valence-electron chi connectivity index (χ1n) is 11.3. The minimum absolute atomic E-state index is 0.289. The average molecular weight is 484 g/mol. The molecular formula is C31H18BrN. The van der Waals surface area contributed by atoms with Gasteiger partial charge in [-0.3, -0.25) is 0 Å². The van der Waals surface area contributed by atoms with E-state index >= 15 is 0 Å². The summed E-state index contributed by atoms with van der Waals surface area (Å²) in [4.78, 5) is 3.66. The van der Waals surface area contributed by atoms with E-state index in [1.54, 1.807) is 0 Å². The third-order valence-corrected chi connectivity index (χ3v) is 8.18. The summed E-state index contributed by atoms with van der Waals surface area (Å²) in [7, 11) is 0. The molecule has 2 aliphatic rings. The quantitative estimate of drug-likeness (QED) is 0.222. The van der Waals surface area contributed by atoms with Crippen LogP contribution in [0.4, 0.5) is 0 Å². The molecule has 0 saturated heterocycles. The van der Waals surface area contributed by atoms with Crippen molar-refractivity contribution in [2.45, 2.75) is 5.41 Å². The van der Waals surface area contributed by atoms with Crippen LogP contribution in [0.5, 0.6) is 0 Å². The van der Waals surface area contributed by atoms with Crippen molar-refractivity contribution in [3.05, 3.63) is 130 Å². The van der Waals surface area contributed by atoms with Crippen LogP contribution in [0.25, 0.3) is 44.1 Å². The third-order valence-electron chi connectivity index (χ3n) is 7.68. The maximum absolute atomic E-state index is 3.70. The number of benzene rings is 5. The summed E-state index contributed by atoms with van der Waals surface area (Å²) < 4.78 is 1.10. The van der Waals surface area contributed by atoms with Gasteiger partial charge < -0.3 is 4.98 Å². The molecule has 1 spiro atoms. The van der Waals surface area contributed by atoms with Crippen LogP contribution in [-0.2, 0) is 5.41 Å². The van der Waals surface area contributed by atoms with E-state index in [2.05, 4.69) is 124 Å². The molecule has 1 N–H and O–H groups in total. The molecule has 2 heteroatoms. The second-order valence-corrected chi connectivity index (χ2v) is 10.0. The second kappa shape index (κ2) is 6.03. The fourth-order valence-electron chi connectivity index (χ4n) is 6.54. The zero-order valence-electron chi connectivity index (χ0n) is 17.7. The van der Waals surface area contributed by atoms with Crippen molar-refractivity contribution in [2.75, 3.05) is 0 Å². The molecule has 8 rings (SSSR count). The van der Waals surface area contributed by atoms with Gasteiger partial charge in [-0.2, -0.15) is 0 Å². The molecule has 6 aromatic rings. The lowest BCUT2D eigenvalue weighted by atomic mass is 9.70. The number of H-pyrrole nitrogens is 1. The topological polar surface area (TPSA) is 15.8 Å². The van der Waals surface area contributed by atoms with Gasteiger partial charge in [0, 0.05) is 26.3 Å². The lowest BCUT2D eigenvalue weighted by molar-refractivity contribution is 0.794. The van der Waals surface area contributed by atoms with Gasteiger partial charge in [-0.1, -0.05) is 94.8 Å². The molecule has 0 fully saturated rings. The summed E-state index contributed by atoms with van der Waals surface area (Å²) in [5, 5.41) is 2.58. The first-order chi connectivity index (χ1) is 16.3. The molecule has 0 radical (unpaired) electrons. The highest BCUT2D eigenvalue weighted by atomic mass is 79.9. The zero-order valence-corrected chi connectivity index (χ0v) is 19.3. The summed E-state index contributed by atoms with van der Waals surface area (Å²) >= 11 is 3.70. The Balaban J connectivity index is 1.64. The average Bonchev–Trinajstić information content (AvgIpc) is 3.47. The van der Waals surface area contributed by atoms with E-state index in [1.807, 2.05) is 0 Å². The van der Waals surface area contributed by atoms with Gasteiger partial charge in [-0.25, -0.2) is 0 Å². The van der Waals surface area contributed by atoms with E-state index in [0.29, 0.717) is 0 Å². The van der Waals surface area contributed by atoms with Crippen molar-refractivity contribution in [2.24, 2.45) is 0 Å². The number of rotatable bonds is 0. The molecule has 1 heterocycles. The molecule has 0 atom stereocenters. The van der Waals surface area contributed by atoms with Gasteiger partial charge in [0.25, 0.3) is 0 Å². The SMILES string of the molecule is Brc1ccc2[nH]c3ccc4c(c3c2c1)-c1ccccc1C41c2ccccc2-c2ccccc21. The van der Waals surface area contributed by atoms with E-state index in [9.17, 15) is 0 Å². The highest BCUT2D eigenvalue weighted by Crippen LogP contribution is 2.63. The monoisotopic (exact) mass is 483 g/mol. The standard InChI is InChI=1S/C31H18BrN/c32-18-13-15-27-22(17-18)30-28(33-27)16-14-26-29(30)21-9-3-6-12-25(21)31(26)23-10-4-1-7-19(23)20-8-2-5-11-24(20)31/h1-17,33H. The predicted molar refractivity (Wildman–Crippen MR) is 140 cm³/mol. The number of halogens is 1. The second-order valence-electron chi connectivity index (χ2n) is 9.11. The van der Waals surface area contributed by atoms with Gasteiger partial charge in [-0.15, -0.1) is 0 Å². The molecule has 1 aromatic heterocycles. The number of aromatic nitrogens is 1. The third kappa shape index (κ3) is 2.00. The predicted octanol–water partition coefficient (Wildman–Crippen LogP) is 8.43. The lowest BCUT2D eigenvalue weighted by Crippen LogP contribution is -2.25. The van der Waals surface area contributed by atoms with Crippen molar-refractivity contribution in [1.82, 2.24) is 4.98 Å². The molecule has 0 amide bonds. The van der Waals surface area contributed by atoms with E-state index in [4.69, 9.17) is 0 Å². The van der Waals surface area contributed by atoms with Gasteiger partial charge in [0.1, 0.15) is 0 Å². The van der Waals surface area contributed by atoms with Crippen LogP contribution in [0.2, 0.25) is 0 Å². The molecule has 5 aromatic carbocycles. The van der Waals surface area contributed by atoms with Crippen LogP contribution in [0.15, 0.2) is 108 Å². The van der Waals surface area contributed by atoms with E-state index < -0.39 is 0 Å². The van der Waals surface area contributed by atoms with E-state index in [-0.39, 0.29) is 5.41 Å². The maximum atomic E-state index is 3.70. The van der Waals surface area contributed by atoms with Crippen molar-refractivity contribution >= 4 is 37.7 Å². The Labute approximate surface area is 199 Å². The smallest absolute Gasteiger partial charge is 0.0725 e. The van der Waals surface area contributed by atoms with Crippen LogP contribution in [0.3, 0.4) is 0 Å². The number of nitrogens with one attached hydrogen (secondary N) is 1. The van der Waals surface area contributed by atoms with Gasteiger partial charge in [0.2, 0.25) is 0 Å². The molecule has 0 aliphatic heterocycles. The largest absolute Gasteiger partial charge is 0.354 e. The van der Waals surface area contributed by atoms with Gasteiger partial charge in [-0.05, 0) is 68.8 Å². The van der Waals surface area contributed by atoms with Crippen LogP contribution in [0.1, 0.15) is 22.3 Å². The first-order valence-corrected chi connectivity index (χ1v) is 12.1. The van der Waals surface area contributed by atoms with Crippen molar-refractivity contribution in [3.63, 3.8) is 0 Å². The molecule has 0 bridgehead atoms. The fourth-order valence-corrected chi connectivity index (χ4v) is 6.91. The van der Waals surface area contributed by atoms with Crippen molar-refractivity contribution in [1.29, 1.82) is 0 Å². The normalized spacial score (nSPS) is 14.5. The van der Waals surface area contributed by atoms with Crippen LogP contribution >= 0.6 is 15.9 Å². The van der Waals surface area contributed by atoms with Crippen molar-refractivity contribution < 1.29 is 0 Å². The minimum Gasteiger partial charge on any atom is -0.354 e. The Morgan fingerprint density at radius 3 is 1.82 bits per heavy atom. The minimum atomic E-state index is -0.289. The van der Waals surface area contributed by atoms with Crippen LogP contribution in [-0.4, -0.2) is 4.98 Å². The van der Waals surface area contributed by atoms with Crippen molar-refractivity contribution in [3.8, 4) is 22.3 Å². The maximum Gasteiger partial charge on any atom is 0.0725 e. The number of aromatic amines is 1. The molecule has 0 saturated carbocycles. The molecular weight excluding hydrogens is 466 g/mol. The summed E-state index contributed by atoms with van der Waals surface area (Å²) in [6, 6.07) is 38.1. The Kier molecular flexibility index (Phi) is 3.27. The first kappa shape index (κ1) is 17.9. The van der Waals surface area contributed by atoms with Gasteiger partial charge in [0.15, 0.2) is 0 Å². The molecule has 1 nitrogen and oxygen atoms in total. The Morgan fingerprint density at radius 2 is 1.12 bits per heavy atom. The summed E-state index contributed by atoms with van der Waals surface area (Å²) in [5.41, 5.74) is 13.0. The summed E-state index contributed by atoms with van der Waals surface area (Å²) in [5.74, 6) is 0. The van der Waals surface area contributed by atoms with Crippen LogP contribution in [0, 0.1) is 0 Å². The number of hydrogen-bond acceptors (Lipinski definition) is 0.